The summed E-state index contributed by atoms with van der Waals surface area (Å²) in [5.41, 5.74) is 0.384. The number of fused-ring (bicyclic) bond motifs is 1. The Labute approximate surface area is 173 Å². The summed E-state index contributed by atoms with van der Waals surface area (Å²) in [4.78, 5) is 4.28. The van der Waals surface area contributed by atoms with Crippen molar-refractivity contribution < 1.29 is 31.4 Å². The fourth-order valence-electron chi connectivity index (χ4n) is 2.16. The van der Waals surface area contributed by atoms with Crippen molar-refractivity contribution in [1.29, 1.82) is 0 Å². The second-order valence-electron chi connectivity index (χ2n) is 5.44. The van der Waals surface area contributed by atoms with E-state index in [1.54, 1.807) is 0 Å². The molecule has 2 N–H and O–H groups in total. The average molecular weight is 521 g/mol. The maximum Gasteiger partial charge on any atom is 0.387 e. The standard InChI is InChI=1S/C15H21F2N3O5S.HI/c1-3-18-15(19-4-5-26(2,21)22)20-8-10-6-12-13(24-9-23-12)7-11(10)25-14(16)17;/h6-7,14H,3-5,8-9H2,1-2H3,(H2,18,19,20);1H. The van der Waals surface area contributed by atoms with E-state index in [1.807, 2.05) is 6.92 Å². The van der Waals surface area contributed by atoms with Crippen LogP contribution in [0.3, 0.4) is 0 Å². The van der Waals surface area contributed by atoms with Gasteiger partial charge in [0.15, 0.2) is 17.5 Å². The molecule has 0 bridgehead atoms. The van der Waals surface area contributed by atoms with E-state index < -0.39 is 16.4 Å². The minimum atomic E-state index is -3.11. The molecule has 0 saturated carbocycles. The van der Waals surface area contributed by atoms with Crippen molar-refractivity contribution >= 4 is 39.8 Å². The Balaban J connectivity index is 0.00000364. The fourth-order valence-corrected chi connectivity index (χ4v) is 2.63. The minimum Gasteiger partial charge on any atom is -0.454 e. The van der Waals surface area contributed by atoms with Crippen LogP contribution in [-0.4, -0.2) is 52.9 Å². The van der Waals surface area contributed by atoms with Crippen molar-refractivity contribution in [3.8, 4) is 17.2 Å². The largest absolute Gasteiger partial charge is 0.454 e. The van der Waals surface area contributed by atoms with Gasteiger partial charge in [-0.2, -0.15) is 8.78 Å². The SMILES string of the molecule is CCNC(=NCc1cc2c(cc1OC(F)F)OCO2)NCCS(C)(=O)=O.I. The molecule has 1 aliphatic heterocycles. The number of benzene rings is 1. The van der Waals surface area contributed by atoms with Crippen molar-refractivity contribution in [3.05, 3.63) is 17.7 Å². The Kier molecular flexibility index (Phi) is 9.29. The van der Waals surface area contributed by atoms with Gasteiger partial charge in [-0.05, 0) is 13.0 Å². The number of sulfone groups is 1. The smallest absolute Gasteiger partial charge is 0.387 e. The molecule has 0 aliphatic carbocycles. The second kappa shape index (κ2) is 10.7. The molecule has 1 aliphatic rings. The van der Waals surface area contributed by atoms with Gasteiger partial charge in [-0.25, -0.2) is 13.4 Å². The summed E-state index contributed by atoms with van der Waals surface area (Å²) in [6.45, 7) is -0.393. The van der Waals surface area contributed by atoms with E-state index in [4.69, 9.17) is 9.47 Å². The van der Waals surface area contributed by atoms with Gasteiger partial charge in [0.25, 0.3) is 0 Å². The zero-order valence-electron chi connectivity index (χ0n) is 14.8. The van der Waals surface area contributed by atoms with Gasteiger partial charge < -0.3 is 24.8 Å². The first-order chi connectivity index (χ1) is 12.3. The van der Waals surface area contributed by atoms with Crippen LogP contribution in [-0.2, 0) is 16.4 Å². The zero-order valence-corrected chi connectivity index (χ0v) is 18.0. The predicted octanol–water partition coefficient (Wildman–Crippen LogP) is 1.73. The molecule has 1 aromatic carbocycles. The number of guanidine groups is 1. The molecule has 1 aromatic rings. The Morgan fingerprint density at radius 2 is 1.96 bits per heavy atom. The van der Waals surface area contributed by atoms with E-state index in [1.165, 1.54) is 12.1 Å². The first-order valence-electron chi connectivity index (χ1n) is 7.85. The molecule has 12 heteroatoms. The first-order valence-corrected chi connectivity index (χ1v) is 9.91. The van der Waals surface area contributed by atoms with E-state index in [2.05, 4.69) is 20.4 Å². The molecule has 154 valence electrons. The third-order valence-electron chi connectivity index (χ3n) is 3.29. The van der Waals surface area contributed by atoms with Gasteiger partial charge in [-0.3, -0.25) is 0 Å². The highest BCUT2D eigenvalue weighted by Gasteiger charge is 2.20. The number of nitrogens with one attached hydrogen (secondary N) is 2. The normalized spacial score (nSPS) is 13.3. The molecule has 0 atom stereocenters. The molecule has 0 spiro atoms. The third-order valence-corrected chi connectivity index (χ3v) is 4.23. The Bertz CT molecular complexity index is 762. The highest BCUT2D eigenvalue weighted by Crippen LogP contribution is 2.38. The molecular weight excluding hydrogens is 499 g/mol. The molecule has 27 heavy (non-hydrogen) atoms. The maximum atomic E-state index is 12.6. The van der Waals surface area contributed by atoms with Crippen molar-refractivity contribution in [1.82, 2.24) is 10.6 Å². The van der Waals surface area contributed by atoms with E-state index in [0.29, 0.717) is 29.6 Å². The molecule has 1 heterocycles. The monoisotopic (exact) mass is 521 g/mol. The topological polar surface area (TPSA) is 98.2 Å². The van der Waals surface area contributed by atoms with Crippen LogP contribution in [0.2, 0.25) is 0 Å². The van der Waals surface area contributed by atoms with Gasteiger partial charge >= 0.3 is 6.61 Å². The fraction of sp³-hybridized carbons (Fsp3) is 0.533. The summed E-state index contributed by atoms with van der Waals surface area (Å²) in [6.07, 6.45) is 1.14. The summed E-state index contributed by atoms with van der Waals surface area (Å²) >= 11 is 0. The summed E-state index contributed by atoms with van der Waals surface area (Å²) in [7, 11) is -3.11. The highest BCUT2D eigenvalue weighted by molar-refractivity contribution is 14.0. The number of rotatable bonds is 8. The lowest BCUT2D eigenvalue weighted by molar-refractivity contribution is -0.0505. The number of ether oxygens (including phenoxy) is 3. The Morgan fingerprint density at radius 3 is 2.56 bits per heavy atom. The maximum absolute atomic E-state index is 12.6. The molecule has 0 fully saturated rings. The van der Waals surface area contributed by atoms with Crippen molar-refractivity contribution in [3.63, 3.8) is 0 Å². The number of nitrogens with zero attached hydrogens (tertiary/aromatic N) is 1. The van der Waals surface area contributed by atoms with Gasteiger partial charge in [0.2, 0.25) is 6.79 Å². The second-order valence-corrected chi connectivity index (χ2v) is 7.70. The van der Waals surface area contributed by atoms with Crippen LogP contribution < -0.4 is 24.8 Å². The lowest BCUT2D eigenvalue weighted by Gasteiger charge is -2.13. The minimum absolute atomic E-state index is 0. The molecule has 0 radical (unpaired) electrons. The van der Waals surface area contributed by atoms with E-state index in [-0.39, 0.29) is 55.4 Å². The average Bonchev–Trinajstić information content (AvgIpc) is 2.97. The summed E-state index contributed by atoms with van der Waals surface area (Å²) in [5, 5.41) is 5.83. The summed E-state index contributed by atoms with van der Waals surface area (Å²) in [6, 6.07) is 2.87. The summed E-state index contributed by atoms with van der Waals surface area (Å²) in [5.74, 6) is 0.997. The molecule has 0 unspecified atom stereocenters. The van der Waals surface area contributed by atoms with Gasteiger partial charge in [-0.1, -0.05) is 0 Å². The van der Waals surface area contributed by atoms with Crippen LogP contribution in [0.15, 0.2) is 17.1 Å². The predicted molar refractivity (Wildman–Crippen MR) is 107 cm³/mol. The van der Waals surface area contributed by atoms with Gasteiger partial charge in [0.05, 0.1) is 12.3 Å². The number of alkyl halides is 2. The van der Waals surface area contributed by atoms with Crippen LogP contribution in [0.5, 0.6) is 17.2 Å². The first kappa shape index (κ1) is 23.5. The molecular formula is C15H22F2IN3O5S. The third kappa shape index (κ3) is 7.91. The molecule has 0 amide bonds. The van der Waals surface area contributed by atoms with E-state index >= 15 is 0 Å². The summed E-state index contributed by atoms with van der Waals surface area (Å²) < 4.78 is 62.6. The zero-order chi connectivity index (χ0) is 19.2. The lowest BCUT2D eigenvalue weighted by atomic mass is 10.1. The number of hydrogen-bond donors (Lipinski definition) is 2. The highest BCUT2D eigenvalue weighted by atomic mass is 127. The quantitative estimate of drug-likeness (QED) is 0.306. The van der Waals surface area contributed by atoms with Crippen molar-refractivity contribution in [2.75, 3.05) is 31.9 Å². The van der Waals surface area contributed by atoms with Crippen LogP contribution >= 0.6 is 24.0 Å². The molecule has 2 rings (SSSR count). The molecule has 0 aromatic heterocycles. The lowest BCUT2D eigenvalue weighted by Crippen LogP contribution is -2.39. The number of hydrogen-bond acceptors (Lipinski definition) is 6. The van der Waals surface area contributed by atoms with Crippen molar-refractivity contribution in [2.45, 2.75) is 20.1 Å². The van der Waals surface area contributed by atoms with Crippen LogP contribution in [0.4, 0.5) is 8.78 Å². The van der Waals surface area contributed by atoms with E-state index in [9.17, 15) is 17.2 Å². The molecule has 8 nitrogen and oxygen atoms in total. The Morgan fingerprint density at radius 1 is 1.30 bits per heavy atom. The Hall–Kier alpha value is -1.57. The van der Waals surface area contributed by atoms with Gasteiger partial charge in [0, 0.05) is 31.0 Å². The number of aliphatic imine (C=N–C) groups is 1. The molecule has 0 saturated heterocycles. The number of halogens is 3. The van der Waals surface area contributed by atoms with Gasteiger partial charge in [0.1, 0.15) is 15.6 Å². The van der Waals surface area contributed by atoms with E-state index in [0.717, 1.165) is 6.26 Å². The van der Waals surface area contributed by atoms with Crippen LogP contribution in [0.1, 0.15) is 12.5 Å². The van der Waals surface area contributed by atoms with Crippen LogP contribution in [0.25, 0.3) is 0 Å². The van der Waals surface area contributed by atoms with Crippen LogP contribution in [0, 0.1) is 0 Å². The van der Waals surface area contributed by atoms with Gasteiger partial charge in [-0.15, -0.1) is 24.0 Å². The van der Waals surface area contributed by atoms with Crippen molar-refractivity contribution in [2.24, 2.45) is 4.99 Å².